The summed E-state index contributed by atoms with van der Waals surface area (Å²) in [6.07, 6.45) is 2.61. The van der Waals surface area contributed by atoms with Gasteiger partial charge in [-0.25, -0.2) is 4.79 Å². The Morgan fingerprint density at radius 2 is 2.16 bits per heavy atom. The van der Waals surface area contributed by atoms with Gasteiger partial charge >= 0.3 is 5.97 Å². The van der Waals surface area contributed by atoms with Crippen molar-refractivity contribution in [3.05, 3.63) is 24.2 Å². The van der Waals surface area contributed by atoms with Gasteiger partial charge in [-0.2, -0.15) is 0 Å². The molecular formula is C14H23NO4. The lowest BCUT2D eigenvalue weighted by molar-refractivity contribution is 0.0292. The van der Waals surface area contributed by atoms with E-state index in [1.807, 2.05) is 0 Å². The summed E-state index contributed by atoms with van der Waals surface area (Å²) in [5.41, 5.74) is 0. The Kier molecular flexibility index (Phi) is 7.93. The number of nitrogens with one attached hydrogen (secondary N) is 1. The molecule has 0 aliphatic carbocycles. The van der Waals surface area contributed by atoms with Crippen LogP contribution < -0.4 is 5.32 Å². The predicted molar refractivity (Wildman–Crippen MR) is 72.1 cm³/mol. The number of ether oxygens (including phenoxy) is 2. The molecule has 0 aromatic carbocycles. The first kappa shape index (κ1) is 15.7. The highest BCUT2D eigenvalue weighted by molar-refractivity contribution is 5.86. The first-order valence-corrected chi connectivity index (χ1v) is 6.69. The molecule has 5 nitrogen and oxygen atoms in total. The molecule has 0 radical (unpaired) electrons. The van der Waals surface area contributed by atoms with E-state index in [1.54, 1.807) is 12.1 Å². The van der Waals surface area contributed by atoms with Crippen LogP contribution in [0.2, 0.25) is 0 Å². The lowest BCUT2D eigenvalue weighted by Crippen LogP contribution is -2.22. The topological polar surface area (TPSA) is 60.7 Å². The highest BCUT2D eigenvalue weighted by atomic mass is 16.6. The first-order chi connectivity index (χ1) is 9.20. The van der Waals surface area contributed by atoms with Crippen LogP contribution in [0.1, 0.15) is 30.8 Å². The quantitative estimate of drug-likeness (QED) is 0.520. The van der Waals surface area contributed by atoms with Crippen LogP contribution in [0.15, 0.2) is 22.8 Å². The maximum absolute atomic E-state index is 11.4. The third kappa shape index (κ3) is 7.64. The second-order valence-corrected chi connectivity index (χ2v) is 4.66. The first-order valence-electron chi connectivity index (χ1n) is 6.69. The Hall–Kier alpha value is -1.33. The van der Waals surface area contributed by atoms with Gasteiger partial charge in [0.1, 0.15) is 6.61 Å². The molecule has 0 bridgehead atoms. The van der Waals surface area contributed by atoms with E-state index in [9.17, 15) is 4.79 Å². The van der Waals surface area contributed by atoms with Crippen molar-refractivity contribution < 1.29 is 18.7 Å². The summed E-state index contributed by atoms with van der Waals surface area (Å²) in [6.45, 7) is 7.49. The molecule has 0 atom stereocenters. The molecule has 1 heterocycles. The average Bonchev–Trinajstić information content (AvgIpc) is 2.90. The highest BCUT2D eigenvalue weighted by Gasteiger charge is 2.08. The molecule has 5 heteroatoms. The van der Waals surface area contributed by atoms with E-state index in [0.717, 1.165) is 19.0 Å². The van der Waals surface area contributed by atoms with Gasteiger partial charge in [-0.3, -0.25) is 0 Å². The van der Waals surface area contributed by atoms with Crippen molar-refractivity contribution in [3.63, 3.8) is 0 Å². The molecular weight excluding hydrogens is 246 g/mol. The Bertz CT molecular complexity index is 335. The van der Waals surface area contributed by atoms with Gasteiger partial charge in [0.05, 0.1) is 19.5 Å². The van der Waals surface area contributed by atoms with Crippen LogP contribution in [0.25, 0.3) is 0 Å². The maximum atomic E-state index is 11.4. The van der Waals surface area contributed by atoms with E-state index < -0.39 is 5.97 Å². The van der Waals surface area contributed by atoms with Gasteiger partial charge in [0, 0.05) is 6.54 Å². The van der Waals surface area contributed by atoms with Crippen molar-refractivity contribution >= 4 is 5.97 Å². The molecule has 1 N–H and O–H groups in total. The molecule has 19 heavy (non-hydrogen) atoms. The number of carbonyl (C=O) groups excluding carboxylic acids is 1. The van der Waals surface area contributed by atoms with Gasteiger partial charge in [-0.05, 0) is 31.0 Å². The Morgan fingerprint density at radius 1 is 1.32 bits per heavy atom. The van der Waals surface area contributed by atoms with Crippen molar-refractivity contribution in [1.29, 1.82) is 0 Å². The van der Waals surface area contributed by atoms with Gasteiger partial charge in [0.25, 0.3) is 0 Å². The molecule has 1 rings (SSSR count). The van der Waals surface area contributed by atoms with Crippen molar-refractivity contribution in [2.75, 3.05) is 32.9 Å². The summed E-state index contributed by atoms with van der Waals surface area (Å²) in [6, 6.07) is 3.22. The summed E-state index contributed by atoms with van der Waals surface area (Å²) in [7, 11) is 0. The number of furan rings is 1. The van der Waals surface area contributed by atoms with E-state index in [0.29, 0.717) is 13.2 Å². The lowest BCUT2D eigenvalue weighted by Gasteiger charge is -2.07. The van der Waals surface area contributed by atoms with E-state index in [2.05, 4.69) is 19.2 Å². The predicted octanol–water partition coefficient (Wildman–Crippen LogP) is 2.09. The molecule has 1 aromatic rings. The summed E-state index contributed by atoms with van der Waals surface area (Å²) >= 11 is 0. The van der Waals surface area contributed by atoms with Crippen LogP contribution in [0.5, 0.6) is 0 Å². The van der Waals surface area contributed by atoms with Crippen molar-refractivity contribution in [1.82, 2.24) is 5.32 Å². The molecule has 1 aromatic heterocycles. The minimum atomic E-state index is -0.455. The maximum Gasteiger partial charge on any atom is 0.374 e. The minimum absolute atomic E-state index is 0.218. The number of esters is 1. The van der Waals surface area contributed by atoms with Gasteiger partial charge in [-0.1, -0.05) is 13.8 Å². The average molecular weight is 269 g/mol. The van der Waals surface area contributed by atoms with Gasteiger partial charge in [0.15, 0.2) is 0 Å². The fraction of sp³-hybridized carbons (Fsp3) is 0.643. The van der Waals surface area contributed by atoms with E-state index in [-0.39, 0.29) is 12.4 Å². The van der Waals surface area contributed by atoms with Crippen LogP contribution in [0.3, 0.4) is 0 Å². The summed E-state index contributed by atoms with van der Waals surface area (Å²) in [4.78, 5) is 11.4. The smallest absolute Gasteiger partial charge is 0.374 e. The SMILES string of the molecule is CC(C)CCNCCOCCOC(=O)c1ccco1. The summed E-state index contributed by atoms with van der Waals surface area (Å²) in [5.74, 6) is 0.480. The van der Waals surface area contributed by atoms with Gasteiger partial charge in [0.2, 0.25) is 5.76 Å². The number of hydrogen-bond donors (Lipinski definition) is 1. The molecule has 0 saturated heterocycles. The molecule has 0 fully saturated rings. The van der Waals surface area contributed by atoms with Crippen LogP contribution in [-0.2, 0) is 9.47 Å². The second kappa shape index (κ2) is 9.58. The van der Waals surface area contributed by atoms with Crippen LogP contribution in [-0.4, -0.2) is 38.9 Å². The molecule has 0 saturated carbocycles. The zero-order chi connectivity index (χ0) is 13.9. The standard InChI is InChI=1S/C14H23NO4/c1-12(2)5-6-15-7-9-17-10-11-19-14(16)13-4-3-8-18-13/h3-4,8,12,15H,5-7,9-11H2,1-2H3. The largest absolute Gasteiger partial charge is 0.457 e. The molecule has 0 amide bonds. The van der Waals surface area contributed by atoms with Crippen LogP contribution in [0.4, 0.5) is 0 Å². The normalized spacial score (nSPS) is 10.9. The fourth-order valence-corrected chi connectivity index (χ4v) is 1.42. The van der Waals surface area contributed by atoms with Crippen LogP contribution in [0, 0.1) is 5.92 Å². The minimum Gasteiger partial charge on any atom is -0.457 e. The van der Waals surface area contributed by atoms with Crippen molar-refractivity contribution in [2.24, 2.45) is 5.92 Å². The molecule has 0 unspecified atom stereocenters. The number of rotatable bonds is 10. The third-order valence-electron chi connectivity index (χ3n) is 2.50. The Labute approximate surface area is 114 Å². The zero-order valence-electron chi connectivity index (χ0n) is 11.7. The molecule has 0 aliphatic heterocycles. The third-order valence-corrected chi connectivity index (χ3v) is 2.50. The molecule has 0 aliphatic rings. The van der Waals surface area contributed by atoms with E-state index in [4.69, 9.17) is 13.9 Å². The zero-order valence-corrected chi connectivity index (χ0v) is 11.7. The monoisotopic (exact) mass is 269 g/mol. The fourth-order valence-electron chi connectivity index (χ4n) is 1.42. The molecule has 108 valence electrons. The highest BCUT2D eigenvalue weighted by Crippen LogP contribution is 2.01. The summed E-state index contributed by atoms with van der Waals surface area (Å²) < 4.78 is 15.2. The van der Waals surface area contributed by atoms with E-state index >= 15 is 0 Å². The van der Waals surface area contributed by atoms with Crippen molar-refractivity contribution in [2.45, 2.75) is 20.3 Å². The Balaban J connectivity index is 1.87. The van der Waals surface area contributed by atoms with E-state index in [1.165, 1.54) is 12.7 Å². The summed E-state index contributed by atoms with van der Waals surface area (Å²) in [5, 5.41) is 3.29. The number of carbonyl (C=O) groups is 1. The van der Waals surface area contributed by atoms with Gasteiger partial charge < -0.3 is 19.2 Å². The van der Waals surface area contributed by atoms with Crippen molar-refractivity contribution in [3.8, 4) is 0 Å². The second-order valence-electron chi connectivity index (χ2n) is 4.66. The Morgan fingerprint density at radius 3 is 2.84 bits per heavy atom. The lowest BCUT2D eigenvalue weighted by atomic mass is 10.1. The molecule has 0 spiro atoms. The van der Waals surface area contributed by atoms with Crippen LogP contribution >= 0.6 is 0 Å². The number of hydrogen-bond acceptors (Lipinski definition) is 5. The van der Waals surface area contributed by atoms with Gasteiger partial charge in [-0.15, -0.1) is 0 Å².